The third kappa shape index (κ3) is 2.24. The second-order valence-corrected chi connectivity index (χ2v) is 7.70. The minimum atomic E-state index is -0.172. The summed E-state index contributed by atoms with van der Waals surface area (Å²) in [6.45, 7) is 3.76. The number of carbonyl (C=O) groups excluding carboxylic acids is 2. The number of hydrogen-bond donors (Lipinski definition) is 0. The van der Waals surface area contributed by atoms with Crippen molar-refractivity contribution in [3.63, 3.8) is 0 Å². The van der Waals surface area contributed by atoms with Gasteiger partial charge in [-0.3, -0.25) is 9.59 Å². The van der Waals surface area contributed by atoms with Crippen molar-refractivity contribution in [2.45, 2.75) is 58.5 Å². The molecule has 0 aromatic heterocycles. The van der Waals surface area contributed by atoms with E-state index < -0.39 is 0 Å². The number of ketones is 1. The van der Waals surface area contributed by atoms with Gasteiger partial charge in [0.2, 0.25) is 0 Å². The van der Waals surface area contributed by atoms with Gasteiger partial charge in [-0.15, -0.1) is 0 Å². The highest BCUT2D eigenvalue weighted by molar-refractivity contribution is 5.93. The number of allylic oxidation sites excluding steroid dienone is 5. The molecule has 4 aliphatic rings. The summed E-state index contributed by atoms with van der Waals surface area (Å²) < 4.78 is 5.62. The maximum atomic E-state index is 11.7. The summed E-state index contributed by atoms with van der Waals surface area (Å²) in [6, 6.07) is 0. The van der Waals surface area contributed by atoms with Crippen LogP contribution in [0.4, 0.5) is 0 Å². The molecule has 122 valence electrons. The van der Waals surface area contributed by atoms with E-state index in [4.69, 9.17) is 4.74 Å². The van der Waals surface area contributed by atoms with Crippen molar-refractivity contribution < 1.29 is 14.3 Å². The Hall–Kier alpha value is -1.64. The number of hydrogen-bond acceptors (Lipinski definition) is 3. The maximum Gasteiger partial charge on any atom is 0.302 e. The van der Waals surface area contributed by atoms with E-state index in [-0.39, 0.29) is 23.3 Å². The van der Waals surface area contributed by atoms with Crippen LogP contribution in [0.5, 0.6) is 0 Å². The Labute approximate surface area is 137 Å². The van der Waals surface area contributed by atoms with Crippen LogP contribution in [0.1, 0.15) is 52.4 Å². The van der Waals surface area contributed by atoms with Gasteiger partial charge in [-0.2, -0.15) is 0 Å². The molecule has 0 amide bonds. The summed E-state index contributed by atoms with van der Waals surface area (Å²) in [5, 5.41) is 0. The largest absolute Gasteiger partial charge is 0.462 e. The van der Waals surface area contributed by atoms with Crippen molar-refractivity contribution in [2.75, 3.05) is 0 Å². The molecule has 1 saturated carbocycles. The van der Waals surface area contributed by atoms with E-state index in [1.165, 1.54) is 23.6 Å². The summed E-state index contributed by atoms with van der Waals surface area (Å²) >= 11 is 0. The van der Waals surface area contributed by atoms with E-state index in [9.17, 15) is 9.59 Å². The Kier molecular flexibility index (Phi) is 3.36. The normalized spacial score (nSPS) is 38.6. The topological polar surface area (TPSA) is 43.4 Å². The minimum Gasteiger partial charge on any atom is -0.462 e. The molecular weight excluding hydrogens is 288 g/mol. The second-order valence-electron chi connectivity index (χ2n) is 7.70. The van der Waals surface area contributed by atoms with Gasteiger partial charge in [0, 0.05) is 18.8 Å². The van der Waals surface area contributed by atoms with E-state index in [2.05, 4.69) is 19.1 Å². The second kappa shape index (κ2) is 5.19. The molecule has 0 saturated heterocycles. The fourth-order valence-electron chi connectivity index (χ4n) is 5.36. The molecule has 0 radical (unpaired) electrons. The lowest BCUT2D eigenvalue weighted by molar-refractivity contribution is -0.150. The van der Waals surface area contributed by atoms with Crippen molar-refractivity contribution in [2.24, 2.45) is 17.3 Å². The number of fused-ring (bicyclic) bond motifs is 4. The summed E-state index contributed by atoms with van der Waals surface area (Å²) in [7, 11) is 0. The van der Waals surface area contributed by atoms with E-state index in [1.54, 1.807) is 0 Å². The van der Waals surface area contributed by atoms with Crippen LogP contribution in [0.15, 0.2) is 34.9 Å². The number of esters is 1. The molecule has 3 heteroatoms. The highest BCUT2D eigenvalue weighted by atomic mass is 16.5. The van der Waals surface area contributed by atoms with Crippen molar-refractivity contribution in [3.05, 3.63) is 34.9 Å². The molecule has 4 aliphatic carbocycles. The molecule has 0 bridgehead atoms. The number of carbonyl (C=O) groups is 2. The minimum absolute atomic E-state index is 0.0117. The lowest BCUT2D eigenvalue weighted by atomic mass is 9.60. The third-order valence-electron chi connectivity index (χ3n) is 6.47. The first kappa shape index (κ1) is 14.9. The molecule has 0 heterocycles. The SMILES string of the molecule is CC(=O)O[C@@H]1CC[C@H]2[C@H]3CCC4=CC(=O)CCC4=C3C=C[C@]12C. The van der Waals surface area contributed by atoms with E-state index in [1.807, 2.05) is 6.08 Å². The Bertz CT molecular complexity index is 666. The average Bonchev–Trinajstić information content (AvgIpc) is 2.83. The first-order valence-electron chi connectivity index (χ1n) is 8.82. The summed E-state index contributed by atoms with van der Waals surface area (Å²) in [5.41, 5.74) is 4.12. The van der Waals surface area contributed by atoms with Crippen LogP contribution >= 0.6 is 0 Å². The fourth-order valence-corrected chi connectivity index (χ4v) is 5.36. The lowest BCUT2D eigenvalue weighted by Gasteiger charge is -2.45. The van der Waals surface area contributed by atoms with Crippen LogP contribution in [-0.2, 0) is 14.3 Å². The molecule has 0 N–H and O–H groups in total. The summed E-state index contributed by atoms with van der Waals surface area (Å²) in [4.78, 5) is 23.1. The van der Waals surface area contributed by atoms with Gasteiger partial charge < -0.3 is 4.74 Å². The zero-order valence-electron chi connectivity index (χ0n) is 13.9. The number of rotatable bonds is 1. The predicted octanol–water partition coefficient (Wildman–Crippen LogP) is 3.90. The van der Waals surface area contributed by atoms with Gasteiger partial charge >= 0.3 is 5.97 Å². The Morgan fingerprint density at radius 1 is 1.22 bits per heavy atom. The molecule has 4 atom stereocenters. The van der Waals surface area contributed by atoms with Gasteiger partial charge in [0.1, 0.15) is 6.10 Å². The highest BCUT2D eigenvalue weighted by Gasteiger charge is 2.53. The molecule has 0 aliphatic heterocycles. The van der Waals surface area contributed by atoms with E-state index in [0.29, 0.717) is 18.3 Å². The zero-order valence-corrected chi connectivity index (χ0v) is 13.9. The highest BCUT2D eigenvalue weighted by Crippen LogP contribution is 2.57. The first-order chi connectivity index (χ1) is 11.0. The third-order valence-corrected chi connectivity index (χ3v) is 6.47. The molecule has 1 fully saturated rings. The van der Waals surface area contributed by atoms with Gasteiger partial charge in [-0.05, 0) is 66.7 Å². The molecule has 3 nitrogen and oxygen atoms in total. The maximum absolute atomic E-state index is 11.7. The zero-order chi connectivity index (χ0) is 16.2. The molecule has 0 unspecified atom stereocenters. The smallest absolute Gasteiger partial charge is 0.302 e. The molecule has 23 heavy (non-hydrogen) atoms. The molecular formula is C20H24O3. The van der Waals surface area contributed by atoms with Crippen LogP contribution in [-0.4, -0.2) is 17.9 Å². The van der Waals surface area contributed by atoms with Gasteiger partial charge in [-0.25, -0.2) is 0 Å². The summed E-state index contributed by atoms with van der Waals surface area (Å²) in [6.07, 6.45) is 12.2. The van der Waals surface area contributed by atoms with Crippen LogP contribution in [0.3, 0.4) is 0 Å². The Morgan fingerprint density at radius 3 is 2.83 bits per heavy atom. The molecule has 0 spiro atoms. The Balaban J connectivity index is 1.73. The van der Waals surface area contributed by atoms with Crippen molar-refractivity contribution in [1.29, 1.82) is 0 Å². The van der Waals surface area contributed by atoms with Crippen LogP contribution in [0, 0.1) is 17.3 Å². The monoisotopic (exact) mass is 312 g/mol. The number of ether oxygens (including phenoxy) is 1. The van der Waals surface area contributed by atoms with Crippen molar-refractivity contribution in [1.82, 2.24) is 0 Å². The van der Waals surface area contributed by atoms with Gasteiger partial charge in [0.25, 0.3) is 0 Å². The van der Waals surface area contributed by atoms with Gasteiger partial charge in [-0.1, -0.05) is 19.1 Å². The van der Waals surface area contributed by atoms with Gasteiger partial charge in [0.15, 0.2) is 5.78 Å². The van der Waals surface area contributed by atoms with E-state index in [0.717, 1.165) is 32.1 Å². The summed E-state index contributed by atoms with van der Waals surface area (Å²) in [5.74, 6) is 1.22. The Morgan fingerprint density at radius 2 is 2.04 bits per heavy atom. The molecule has 4 rings (SSSR count). The first-order valence-corrected chi connectivity index (χ1v) is 8.82. The standard InChI is InChI=1S/C20H24O3/c1-12(21)23-19-8-7-18-17-5-3-13-11-14(22)4-6-15(13)16(17)9-10-20(18,19)2/h9-11,17-19H,3-8H2,1-2H3/t17-,18-,19+,20-/m0/s1. The molecule has 0 aromatic rings. The quantitative estimate of drug-likeness (QED) is 0.690. The van der Waals surface area contributed by atoms with Gasteiger partial charge in [0.05, 0.1) is 0 Å². The van der Waals surface area contributed by atoms with Crippen molar-refractivity contribution >= 4 is 11.8 Å². The van der Waals surface area contributed by atoms with E-state index >= 15 is 0 Å². The van der Waals surface area contributed by atoms with Crippen LogP contribution in [0.2, 0.25) is 0 Å². The fraction of sp³-hybridized carbons (Fsp3) is 0.600. The van der Waals surface area contributed by atoms with Crippen molar-refractivity contribution in [3.8, 4) is 0 Å². The van der Waals surface area contributed by atoms with Crippen LogP contribution in [0.25, 0.3) is 0 Å². The predicted molar refractivity (Wildman–Crippen MR) is 87.6 cm³/mol. The lowest BCUT2D eigenvalue weighted by Crippen LogP contribution is -2.40. The average molecular weight is 312 g/mol. The van der Waals surface area contributed by atoms with Crippen LogP contribution < -0.4 is 0 Å². The molecule has 0 aromatic carbocycles.